The molecule has 0 saturated carbocycles. The Morgan fingerprint density at radius 2 is 2.05 bits per heavy atom. The van der Waals surface area contributed by atoms with E-state index < -0.39 is 0 Å². The lowest BCUT2D eigenvalue weighted by Crippen LogP contribution is -2.10. The van der Waals surface area contributed by atoms with E-state index in [1.807, 2.05) is 31.2 Å². The Morgan fingerprint density at radius 3 is 2.74 bits per heavy atom. The highest BCUT2D eigenvalue weighted by Crippen LogP contribution is 2.22. The summed E-state index contributed by atoms with van der Waals surface area (Å²) in [6.45, 7) is 2.54. The van der Waals surface area contributed by atoms with Crippen LogP contribution in [0.1, 0.15) is 24.2 Å². The van der Waals surface area contributed by atoms with Crippen molar-refractivity contribution in [1.29, 1.82) is 0 Å². The zero-order valence-corrected chi connectivity index (χ0v) is 11.1. The Labute approximate surface area is 112 Å². The van der Waals surface area contributed by atoms with Crippen molar-refractivity contribution in [1.82, 2.24) is 4.98 Å². The molecule has 1 unspecified atom stereocenters. The number of aromatic nitrogens is 1. The second-order valence-electron chi connectivity index (χ2n) is 4.36. The minimum absolute atomic E-state index is 0.00129. The second-order valence-corrected chi connectivity index (χ2v) is 4.36. The van der Waals surface area contributed by atoms with Crippen LogP contribution < -0.4 is 5.32 Å². The van der Waals surface area contributed by atoms with Gasteiger partial charge in [0.2, 0.25) is 0 Å². The van der Waals surface area contributed by atoms with Gasteiger partial charge in [0.15, 0.2) is 0 Å². The molecule has 4 heteroatoms. The third-order valence-corrected chi connectivity index (χ3v) is 2.88. The monoisotopic (exact) mass is 260 g/mol. The van der Waals surface area contributed by atoms with E-state index in [2.05, 4.69) is 10.3 Å². The van der Waals surface area contributed by atoms with Crippen LogP contribution in [0.25, 0.3) is 0 Å². The van der Waals surface area contributed by atoms with Crippen molar-refractivity contribution in [3.8, 4) is 0 Å². The van der Waals surface area contributed by atoms with Gasteiger partial charge < -0.3 is 10.1 Å². The van der Waals surface area contributed by atoms with Gasteiger partial charge in [0.05, 0.1) is 24.5 Å². The molecule has 0 fully saturated rings. The molecule has 19 heavy (non-hydrogen) atoms. The fraction of sp³-hybridized carbons (Fsp3) is 0.267. The van der Waals surface area contributed by atoms with Crippen molar-refractivity contribution in [2.45, 2.75) is 19.6 Å². The predicted molar refractivity (Wildman–Crippen MR) is 73.4 cm³/mol. The SMILES string of the molecule is COCc1ccccc1NC(C)c1ccc(F)cn1. The summed E-state index contributed by atoms with van der Waals surface area (Å²) in [5.41, 5.74) is 2.88. The van der Waals surface area contributed by atoms with Crippen molar-refractivity contribution in [2.75, 3.05) is 12.4 Å². The van der Waals surface area contributed by atoms with Crippen LogP contribution in [0.2, 0.25) is 0 Å². The highest BCUT2D eigenvalue weighted by Gasteiger charge is 2.09. The van der Waals surface area contributed by atoms with Crippen molar-refractivity contribution < 1.29 is 9.13 Å². The standard InChI is InChI=1S/C15H17FN2O/c1-11(14-8-7-13(16)9-17-14)18-15-6-4-3-5-12(15)10-19-2/h3-9,11,18H,10H2,1-2H3. The third-order valence-electron chi connectivity index (χ3n) is 2.88. The van der Waals surface area contributed by atoms with Crippen molar-refractivity contribution in [3.63, 3.8) is 0 Å². The van der Waals surface area contributed by atoms with Crippen molar-refractivity contribution in [2.24, 2.45) is 0 Å². The molecular formula is C15H17FN2O. The molecule has 3 nitrogen and oxygen atoms in total. The third kappa shape index (κ3) is 3.51. The number of halogens is 1. The molecule has 0 bridgehead atoms. The van der Waals surface area contributed by atoms with E-state index in [0.29, 0.717) is 6.61 Å². The van der Waals surface area contributed by atoms with Crippen molar-refractivity contribution in [3.05, 3.63) is 59.7 Å². The number of rotatable bonds is 5. The van der Waals surface area contributed by atoms with E-state index in [0.717, 1.165) is 16.9 Å². The van der Waals surface area contributed by atoms with E-state index in [9.17, 15) is 4.39 Å². The average Bonchev–Trinajstić information content (AvgIpc) is 2.42. The Hall–Kier alpha value is -1.94. The summed E-state index contributed by atoms with van der Waals surface area (Å²) >= 11 is 0. The molecule has 0 radical (unpaired) electrons. The van der Waals surface area contributed by atoms with E-state index >= 15 is 0 Å². The molecule has 1 N–H and O–H groups in total. The summed E-state index contributed by atoms with van der Waals surface area (Å²) in [6.07, 6.45) is 1.23. The first-order chi connectivity index (χ1) is 9.20. The number of anilines is 1. The van der Waals surface area contributed by atoms with Gasteiger partial charge in [-0.25, -0.2) is 4.39 Å². The fourth-order valence-electron chi connectivity index (χ4n) is 1.89. The van der Waals surface area contributed by atoms with Crippen LogP contribution >= 0.6 is 0 Å². The molecule has 0 aliphatic rings. The maximum atomic E-state index is 12.8. The summed E-state index contributed by atoms with van der Waals surface area (Å²) in [7, 11) is 1.67. The Kier molecular flexibility index (Phi) is 4.47. The van der Waals surface area contributed by atoms with E-state index in [1.54, 1.807) is 13.2 Å². The summed E-state index contributed by atoms with van der Waals surface area (Å²) in [5.74, 6) is -0.323. The minimum Gasteiger partial charge on any atom is -0.380 e. The van der Waals surface area contributed by atoms with Crippen LogP contribution in [-0.2, 0) is 11.3 Å². The molecule has 1 aromatic heterocycles. The van der Waals surface area contributed by atoms with Gasteiger partial charge in [-0.05, 0) is 25.1 Å². The fourth-order valence-corrected chi connectivity index (χ4v) is 1.89. The van der Waals surface area contributed by atoms with Gasteiger partial charge in [0.1, 0.15) is 5.82 Å². The maximum Gasteiger partial charge on any atom is 0.141 e. The molecule has 1 heterocycles. The van der Waals surface area contributed by atoms with Gasteiger partial charge in [-0.15, -0.1) is 0 Å². The molecule has 2 rings (SSSR count). The number of methoxy groups -OCH3 is 1. The number of pyridine rings is 1. The minimum atomic E-state index is -0.323. The van der Waals surface area contributed by atoms with Gasteiger partial charge >= 0.3 is 0 Å². The molecule has 0 saturated heterocycles. The Balaban J connectivity index is 2.14. The zero-order valence-electron chi connectivity index (χ0n) is 11.1. The number of nitrogens with zero attached hydrogens (tertiary/aromatic N) is 1. The lowest BCUT2D eigenvalue weighted by molar-refractivity contribution is 0.185. The van der Waals surface area contributed by atoms with Crippen LogP contribution in [0.4, 0.5) is 10.1 Å². The molecule has 1 atom stereocenters. The molecule has 1 aromatic carbocycles. The van der Waals surface area contributed by atoms with Gasteiger partial charge in [-0.1, -0.05) is 18.2 Å². The van der Waals surface area contributed by atoms with Gasteiger partial charge in [-0.2, -0.15) is 0 Å². The molecule has 0 aliphatic carbocycles. The number of nitrogens with one attached hydrogen (secondary N) is 1. The van der Waals surface area contributed by atoms with Crippen LogP contribution in [0, 0.1) is 5.82 Å². The first-order valence-corrected chi connectivity index (χ1v) is 6.15. The number of para-hydroxylation sites is 1. The molecular weight excluding hydrogens is 243 g/mol. The molecule has 100 valence electrons. The number of hydrogen-bond acceptors (Lipinski definition) is 3. The van der Waals surface area contributed by atoms with Crippen LogP contribution in [0.3, 0.4) is 0 Å². The molecule has 2 aromatic rings. The number of hydrogen-bond donors (Lipinski definition) is 1. The predicted octanol–water partition coefficient (Wildman–Crippen LogP) is 3.54. The maximum absolute atomic E-state index is 12.8. The van der Waals surface area contributed by atoms with Gasteiger partial charge in [-0.3, -0.25) is 4.98 Å². The van der Waals surface area contributed by atoms with E-state index in [-0.39, 0.29) is 11.9 Å². The van der Waals surface area contributed by atoms with E-state index in [4.69, 9.17) is 4.74 Å². The first kappa shape index (κ1) is 13.5. The average molecular weight is 260 g/mol. The van der Waals surface area contributed by atoms with Crippen LogP contribution in [0.15, 0.2) is 42.6 Å². The lowest BCUT2D eigenvalue weighted by Gasteiger charge is -2.17. The van der Waals surface area contributed by atoms with Crippen LogP contribution in [0.5, 0.6) is 0 Å². The quantitative estimate of drug-likeness (QED) is 0.892. The molecule has 0 aliphatic heterocycles. The Bertz CT molecular complexity index is 528. The highest BCUT2D eigenvalue weighted by atomic mass is 19.1. The largest absolute Gasteiger partial charge is 0.380 e. The molecule has 0 spiro atoms. The number of benzene rings is 1. The van der Waals surface area contributed by atoms with E-state index in [1.165, 1.54) is 12.3 Å². The number of ether oxygens (including phenoxy) is 1. The summed E-state index contributed by atoms with van der Waals surface area (Å²) in [5, 5.41) is 3.37. The topological polar surface area (TPSA) is 34.1 Å². The smallest absolute Gasteiger partial charge is 0.141 e. The second kappa shape index (κ2) is 6.29. The highest BCUT2D eigenvalue weighted by molar-refractivity contribution is 5.52. The lowest BCUT2D eigenvalue weighted by atomic mass is 10.1. The summed E-state index contributed by atoms with van der Waals surface area (Å²) in [4.78, 5) is 4.08. The van der Waals surface area contributed by atoms with Crippen molar-refractivity contribution >= 4 is 5.69 Å². The zero-order chi connectivity index (χ0) is 13.7. The Morgan fingerprint density at radius 1 is 1.26 bits per heavy atom. The summed E-state index contributed by atoms with van der Waals surface area (Å²) < 4.78 is 18.0. The first-order valence-electron chi connectivity index (χ1n) is 6.15. The van der Waals surface area contributed by atoms with Gasteiger partial charge in [0, 0.05) is 18.4 Å². The normalized spacial score (nSPS) is 12.2. The van der Waals surface area contributed by atoms with Gasteiger partial charge in [0.25, 0.3) is 0 Å². The molecule has 0 amide bonds. The summed E-state index contributed by atoms with van der Waals surface area (Å²) in [6, 6.07) is 11.0. The van der Waals surface area contributed by atoms with Crippen LogP contribution in [-0.4, -0.2) is 12.1 Å².